The van der Waals surface area contributed by atoms with Crippen molar-refractivity contribution in [3.8, 4) is 0 Å². The zero-order chi connectivity index (χ0) is 13.6. The third kappa shape index (κ3) is 3.50. The Morgan fingerprint density at radius 2 is 1.89 bits per heavy atom. The smallest absolute Gasteiger partial charge is 0.163 e. The van der Waals surface area contributed by atoms with Crippen LogP contribution in [0.2, 0.25) is 0 Å². The summed E-state index contributed by atoms with van der Waals surface area (Å²) in [5, 5.41) is 12.5. The molecule has 0 amide bonds. The number of aliphatic hydroxyl groups excluding tert-OH is 1. The molecular weight excluding hydrogens is 236 g/mol. The van der Waals surface area contributed by atoms with Gasteiger partial charge in [-0.15, -0.1) is 0 Å². The van der Waals surface area contributed by atoms with Gasteiger partial charge in [-0.3, -0.25) is 0 Å². The predicted octanol–water partition coefficient (Wildman–Crippen LogP) is 2.85. The van der Waals surface area contributed by atoms with Crippen LogP contribution in [0.5, 0.6) is 0 Å². The number of benzene rings is 1. The SMILES string of the molecule is CCC(CC)(CO)CNCc1cccc(F)c1F. The standard InChI is InChI=1S/C14H21F2NO/c1-3-14(4-2,10-18)9-17-8-11-6-5-7-12(15)13(11)16/h5-7,17-18H,3-4,8-10H2,1-2H3. The van der Waals surface area contributed by atoms with Gasteiger partial charge in [0.05, 0.1) is 0 Å². The van der Waals surface area contributed by atoms with Crippen LogP contribution in [0.4, 0.5) is 8.78 Å². The Morgan fingerprint density at radius 3 is 2.44 bits per heavy atom. The van der Waals surface area contributed by atoms with Crippen molar-refractivity contribution < 1.29 is 13.9 Å². The van der Waals surface area contributed by atoms with Crippen LogP contribution in [0.15, 0.2) is 18.2 Å². The molecule has 0 fully saturated rings. The molecule has 0 atom stereocenters. The highest BCUT2D eigenvalue weighted by molar-refractivity contribution is 5.18. The van der Waals surface area contributed by atoms with Crippen LogP contribution in [-0.4, -0.2) is 18.3 Å². The maximum atomic E-state index is 13.4. The molecule has 18 heavy (non-hydrogen) atoms. The fourth-order valence-corrected chi connectivity index (χ4v) is 1.93. The first-order chi connectivity index (χ1) is 8.58. The number of halogens is 2. The molecular formula is C14H21F2NO. The van der Waals surface area contributed by atoms with Crippen LogP contribution in [0.3, 0.4) is 0 Å². The highest BCUT2D eigenvalue weighted by Crippen LogP contribution is 2.24. The first kappa shape index (κ1) is 15.1. The molecule has 2 nitrogen and oxygen atoms in total. The van der Waals surface area contributed by atoms with Gasteiger partial charge < -0.3 is 10.4 Å². The van der Waals surface area contributed by atoms with Crippen LogP contribution in [-0.2, 0) is 6.54 Å². The van der Waals surface area contributed by atoms with Crippen LogP contribution in [0.25, 0.3) is 0 Å². The molecule has 102 valence electrons. The molecule has 0 unspecified atom stereocenters. The van der Waals surface area contributed by atoms with Crippen molar-refractivity contribution in [3.05, 3.63) is 35.4 Å². The first-order valence-electron chi connectivity index (χ1n) is 6.33. The summed E-state index contributed by atoms with van der Waals surface area (Å²) in [6.07, 6.45) is 1.69. The van der Waals surface area contributed by atoms with Gasteiger partial charge in [0.15, 0.2) is 11.6 Å². The van der Waals surface area contributed by atoms with E-state index >= 15 is 0 Å². The lowest BCUT2D eigenvalue weighted by atomic mass is 9.83. The zero-order valence-corrected chi connectivity index (χ0v) is 11.0. The summed E-state index contributed by atoms with van der Waals surface area (Å²) in [5.41, 5.74) is 0.137. The largest absolute Gasteiger partial charge is 0.396 e. The van der Waals surface area contributed by atoms with E-state index in [0.29, 0.717) is 12.1 Å². The Kier molecular flexibility index (Phi) is 5.69. The summed E-state index contributed by atoms with van der Waals surface area (Å²) < 4.78 is 26.4. The molecule has 0 radical (unpaired) electrons. The lowest BCUT2D eigenvalue weighted by Crippen LogP contribution is -2.36. The number of aliphatic hydroxyl groups is 1. The van der Waals surface area contributed by atoms with Gasteiger partial charge in [-0.05, 0) is 18.9 Å². The Labute approximate surface area is 107 Å². The molecule has 0 bridgehead atoms. The summed E-state index contributed by atoms with van der Waals surface area (Å²) >= 11 is 0. The van der Waals surface area contributed by atoms with Gasteiger partial charge in [-0.25, -0.2) is 8.78 Å². The molecule has 1 rings (SSSR count). The average molecular weight is 257 g/mol. The van der Waals surface area contributed by atoms with E-state index in [1.165, 1.54) is 6.07 Å². The Morgan fingerprint density at radius 1 is 1.22 bits per heavy atom. The average Bonchev–Trinajstić information content (AvgIpc) is 2.40. The molecule has 0 spiro atoms. The van der Waals surface area contributed by atoms with Gasteiger partial charge in [-0.2, -0.15) is 0 Å². The normalized spacial score (nSPS) is 11.8. The van der Waals surface area contributed by atoms with Crippen LogP contribution < -0.4 is 5.32 Å². The van der Waals surface area contributed by atoms with Gasteiger partial charge in [0.25, 0.3) is 0 Å². The number of hydrogen-bond donors (Lipinski definition) is 2. The topological polar surface area (TPSA) is 32.3 Å². The first-order valence-corrected chi connectivity index (χ1v) is 6.33. The van der Waals surface area contributed by atoms with Crippen molar-refractivity contribution in [3.63, 3.8) is 0 Å². The second-order valence-corrected chi connectivity index (χ2v) is 4.68. The van der Waals surface area contributed by atoms with Gasteiger partial charge in [-0.1, -0.05) is 26.0 Å². The van der Waals surface area contributed by atoms with Crippen molar-refractivity contribution in [2.24, 2.45) is 5.41 Å². The Bertz CT molecular complexity index is 370. The molecule has 4 heteroatoms. The molecule has 0 saturated heterocycles. The van der Waals surface area contributed by atoms with Crippen LogP contribution >= 0.6 is 0 Å². The quantitative estimate of drug-likeness (QED) is 0.787. The summed E-state index contributed by atoms with van der Waals surface area (Å²) in [6, 6.07) is 4.16. The minimum Gasteiger partial charge on any atom is -0.396 e. The molecule has 0 heterocycles. The summed E-state index contributed by atoms with van der Waals surface area (Å²) in [7, 11) is 0. The van der Waals surface area contributed by atoms with E-state index in [-0.39, 0.29) is 18.6 Å². The summed E-state index contributed by atoms with van der Waals surface area (Å²) in [4.78, 5) is 0. The van der Waals surface area contributed by atoms with E-state index in [4.69, 9.17) is 0 Å². The molecule has 0 aliphatic heterocycles. The second-order valence-electron chi connectivity index (χ2n) is 4.68. The number of rotatable bonds is 7. The van der Waals surface area contributed by atoms with Gasteiger partial charge in [0.1, 0.15) is 0 Å². The lowest BCUT2D eigenvalue weighted by molar-refractivity contribution is 0.113. The van der Waals surface area contributed by atoms with Crippen molar-refractivity contribution in [2.45, 2.75) is 33.2 Å². The van der Waals surface area contributed by atoms with Crippen molar-refractivity contribution in [1.29, 1.82) is 0 Å². The molecule has 0 saturated carbocycles. The second kappa shape index (κ2) is 6.81. The van der Waals surface area contributed by atoms with Crippen LogP contribution in [0, 0.1) is 17.0 Å². The van der Waals surface area contributed by atoms with E-state index in [1.807, 2.05) is 13.8 Å². The van der Waals surface area contributed by atoms with Crippen molar-refractivity contribution in [2.75, 3.05) is 13.2 Å². The highest BCUT2D eigenvalue weighted by atomic mass is 19.2. The molecule has 0 aromatic heterocycles. The van der Waals surface area contributed by atoms with E-state index in [9.17, 15) is 13.9 Å². The number of hydrogen-bond acceptors (Lipinski definition) is 2. The maximum Gasteiger partial charge on any atom is 0.163 e. The predicted molar refractivity (Wildman–Crippen MR) is 68.2 cm³/mol. The van der Waals surface area contributed by atoms with E-state index in [1.54, 1.807) is 6.07 Å². The molecule has 0 aliphatic carbocycles. The molecule has 1 aromatic carbocycles. The minimum atomic E-state index is -0.825. The van der Waals surface area contributed by atoms with E-state index in [0.717, 1.165) is 18.9 Å². The minimum absolute atomic E-state index is 0.0959. The Balaban J connectivity index is 2.58. The Hall–Kier alpha value is -1.00. The van der Waals surface area contributed by atoms with Gasteiger partial charge in [0, 0.05) is 30.7 Å². The van der Waals surface area contributed by atoms with Gasteiger partial charge in [0.2, 0.25) is 0 Å². The number of nitrogens with one attached hydrogen (secondary N) is 1. The summed E-state index contributed by atoms with van der Waals surface area (Å²) in [5.74, 6) is -1.62. The maximum absolute atomic E-state index is 13.4. The zero-order valence-electron chi connectivity index (χ0n) is 11.0. The van der Waals surface area contributed by atoms with E-state index in [2.05, 4.69) is 5.32 Å². The summed E-state index contributed by atoms with van der Waals surface area (Å²) in [6.45, 7) is 4.99. The van der Waals surface area contributed by atoms with Crippen LogP contribution in [0.1, 0.15) is 32.3 Å². The monoisotopic (exact) mass is 257 g/mol. The van der Waals surface area contributed by atoms with E-state index < -0.39 is 11.6 Å². The fourth-order valence-electron chi connectivity index (χ4n) is 1.93. The van der Waals surface area contributed by atoms with Gasteiger partial charge >= 0.3 is 0 Å². The van der Waals surface area contributed by atoms with Crippen molar-refractivity contribution >= 4 is 0 Å². The third-order valence-electron chi connectivity index (χ3n) is 3.68. The highest BCUT2D eigenvalue weighted by Gasteiger charge is 2.24. The molecule has 0 aliphatic rings. The molecule has 2 N–H and O–H groups in total. The van der Waals surface area contributed by atoms with Crippen molar-refractivity contribution in [1.82, 2.24) is 5.32 Å². The molecule has 1 aromatic rings. The fraction of sp³-hybridized carbons (Fsp3) is 0.571. The lowest BCUT2D eigenvalue weighted by Gasteiger charge is -2.29. The third-order valence-corrected chi connectivity index (χ3v) is 3.68.